The van der Waals surface area contributed by atoms with Gasteiger partial charge in [-0.3, -0.25) is 0 Å². The van der Waals surface area contributed by atoms with E-state index in [0.29, 0.717) is 26.2 Å². The molecule has 118 valence electrons. The molecule has 0 saturated heterocycles. The van der Waals surface area contributed by atoms with Crippen LogP contribution in [0.4, 0.5) is 4.79 Å². The van der Waals surface area contributed by atoms with Crippen LogP contribution in [0.2, 0.25) is 5.02 Å². The lowest BCUT2D eigenvalue weighted by atomic mass is 10.2. The highest BCUT2D eigenvalue weighted by atomic mass is 35.5. The van der Waals surface area contributed by atoms with Crippen molar-refractivity contribution < 1.29 is 4.79 Å². The fourth-order valence-corrected chi connectivity index (χ4v) is 2.40. The zero-order valence-electron chi connectivity index (χ0n) is 12.9. The molecule has 0 radical (unpaired) electrons. The maximum atomic E-state index is 12.0. The standard InChI is InChI=1S/C16H21ClN4O/c1-3-18-16(22)20(4-2)12-15-19-9-10-21(15)11-13-7-5-6-8-14(13)17/h5-10H,3-4,11-12H2,1-2H3,(H,18,22). The van der Waals surface area contributed by atoms with Crippen molar-refractivity contribution in [3.63, 3.8) is 0 Å². The molecule has 0 saturated carbocycles. The van der Waals surface area contributed by atoms with Crippen LogP contribution in [0.15, 0.2) is 36.7 Å². The maximum Gasteiger partial charge on any atom is 0.317 e. The minimum Gasteiger partial charge on any atom is -0.338 e. The van der Waals surface area contributed by atoms with E-state index in [2.05, 4.69) is 10.3 Å². The summed E-state index contributed by atoms with van der Waals surface area (Å²) in [5.74, 6) is 0.841. The molecule has 0 unspecified atom stereocenters. The number of rotatable bonds is 6. The van der Waals surface area contributed by atoms with Gasteiger partial charge in [0.15, 0.2) is 0 Å². The average molecular weight is 321 g/mol. The fourth-order valence-electron chi connectivity index (χ4n) is 2.21. The van der Waals surface area contributed by atoms with Gasteiger partial charge in [-0.15, -0.1) is 0 Å². The maximum absolute atomic E-state index is 12.0. The number of halogens is 1. The van der Waals surface area contributed by atoms with Crippen molar-refractivity contribution in [2.24, 2.45) is 0 Å². The molecule has 1 heterocycles. The molecule has 0 fully saturated rings. The van der Waals surface area contributed by atoms with Crippen LogP contribution in [0.5, 0.6) is 0 Å². The predicted molar refractivity (Wildman–Crippen MR) is 87.9 cm³/mol. The Hall–Kier alpha value is -2.01. The molecule has 1 N–H and O–H groups in total. The lowest BCUT2D eigenvalue weighted by Crippen LogP contribution is -2.39. The summed E-state index contributed by atoms with van der Waals surface area (Å²) < 4.78 is 2.02. The van der Waals surface area contributed by atoms with E-state index >= 15 is 0 Å². The summed E-state index contributed by atoms with van der Waals surface area (Å²) in [7, 11) is 0. The smallest absolute Gasteiger partial charge is 0.317 e. The zero-order valence-corrected chi connectivity index (χ0v) is 13.7. The van der Waals surface area contributed by atoms with Gasteiger partial charge in [0.05, 0.1) is 13.1 Å². The van der Waals surface area contributed by atoms with Crippen molar-refractivity contribution in [1.29, 1.82) is 0 Å². The van der Waals surface area contributed by atoms with E-state index in [-0.39, 0.29) is 6.03 Å². The molecule has 2 aromatic rings. The molecule has 2 amide bonds. The van der Waals surface area contributed by atoms with Crippen molar-refractivity contribution in [2.45, 2.75) is 26.9 Å². The number of hydrogen-bond acceptors (Lipinski definition) is 2. The summed E-state index contributed by atoms with van der Waals surface area (Å²) in [5.41, 5.74) is 1.03. The van der Waals surface area contributed by atoms with Gasteiger partial charge in [0.1, 0.15) is 5.82 Å². The lowest BCUT2D eigenvalue weighted by Gasteiger charge is -2.21. The van der Waals surface area contributed by atoms with Crippen LogP contribution in [-0.4, -0.2) is 33.6 Å². The third-order valence-corrected chi connectivity index (χ3v) is 3.80. The van der Waals surface area contributed by atoms with E-state index in [1.165, 1.54) is 0 Å². The van der Waals surface area contributed by atoms with E-state index in [1.807, 2.05) is 48.9 Å². The van der Waals surface area contributed by atoms with Gasteiger partial charge >= 0.3 is 6.03 Å². The Morgan fingerprint density at radius 1 is 1.36 bits per heavy atom. The van der Waals surface area contributed by atoms with E-state index in [0.717, 1.165) is 16.4 Å². The first-order chi connectivity index (χ1) is 10.7. The second-order valence-electron chi connectivity index (χ2n) is 4.91. The van der Waals surface area contributed by atoms with Crippen molar-refractivity contribution in [1.82, 2.24) is 19.8 Å². The number of carbonyl (C=O) groups excluding carboxylic acids is 1. The SMILES string of the molecule is CCNC(=O)N(CC)Cc1nccn1Cc1ccccc1Cl. The van der Waals surface area contributed by atoms with E-state index in [4.69, 9.17) is 11.6 Å². The minimum atomic E-state index is -0.0720. The number of benzene rings is 1. The van der Waals surface area contributed by atoms with Gasteiger partial charge in [-0.2, -0.15) is 0 Å². The van der Waals surface area contributed by atoms with Crippen LogP contribution in [0.3, 0.4) is 0 Å². The molecule has 5 nitrogen and oxygen atoms in total. The van der Waals surface area contributed by atoms with Crippen LogP contribution in [0.1, 0.15) is 25.2 Å². The molecular weight excluding hydrogens is 300 g/mol. The van der Waals surface area contributed by atoms with Crippen LogP contribution in [0, 0.1) is 0 Å². The third kappa shape index (κ3) is 4.01. The first-order valence-electron chi connectivity index (χ1n) is 7.41. The van der Waals surface area contributed by atoms with Crippen LogP contribution < -0.4 is 5.32 Å². The Labute approximate surface area is 135 Å². The molecule has 0 aliphatic carbocycles. The largest absolute Gasteiger partial charge is 0.338 e. The zero-order chi connectivity index (χ0) is 15.9. The summed E-state index contributed by atoms with van der Waals surface area (Å²) >= 11 is 6.21. The van der Waals surface area contributed by atoms with Gasteiger partial charge in [0.25, 0.3) is 0 Å². The predicted octanol–water partition coefficient (Wildman–Crippen LogP) is 3.14. The second kappa shape index (κ2) is 7.84. The molecular formula is C16H21ClN4O. The van der Waals surface area contributed by atoms with Crippen LogP contribution in [-0.2, 0) is 13.1 Å². The quantitative estimate of drug-likeness (QED) is 0.889. The topological polar surface area (TPSA) is 50.2 Å². The first-order valence-corrected chi connectivity index (χ1v) is 7.79. The molecule has 0 atom stereocenters. The Morgan fingerprint density at radius 3 is 2.82 bits per heavy atom. The highest BCUT2D eigenvalue weighted by molar-refractivity contribution is 6.31. The van der Waals surface area contributed by atoms with E-state index in [9.17, 15) is 4.79 Å². The number of hydrogen-bond donors (Lipinski definition) is 1. The van der Waals surface area contributed by atoms with Gasteiger partial charge in [-0.1, -0.05) is 29.8 Å². The number of imidazole rings is 1. The number of nitrogens with zero attached hydrogens (tertiary/aromatic N) is 3. The van der Waals surface area contributed by atoms with Crippen molar-refractivity contribution in [2.75, 3.05) is 13.1 Å². The number of urea groups is 1. The van der Waals surface area contributed by atoms with Gasteiger partial charge in [-0.05, 0) is 25.5 Å². The van der Waals surface area contributed by atoms with Gasteiger partial charge in [-0.25, -0.2) is 9.78 Å². The van der Waals surface area contributed by atoms with Crippen molar-refractivity contribution in [3.8, 4) is 0 Å². The Morgan fingerprint density at radius 2 is 2.14 bits per heavy atom. The minimum absolute atomic E-state index is 0.0720. The normalized spacial score (nSPS) is 10.5. The summed E-state index contributed by atoms with van der Waals surface area (Å²) in [6.07, 6.45) is 3.65. The third-order valence-electron chi connectivity index (χ3n) is 3.43. The highest BCUT2D eigenvalue weighted by Gasteiger charge is 2.14. The van der Waals surface area contributed by atoms with E-state index < -0.39 is 0 Å². The first kappa shape index (κ1) is 16.4. The summed E-state index contributed by atoms with van der Waals surface area (Å²) in [4.78, 5) is 18.1. The Kier molecular flexibility index (Phi) is 5.83. The van der Waals surface area contributed by atoms with Gasteiger partial charge < -0.3 is 14.8 Å². The van der Waals surface area contributed by atoms with Crippen LogP contribution >= 0.6 is 11.6 Å². The second-order valence-corrected chi connectivity index (χ2v) is 5.32. The summed E-state index contributed by atoms with van der Waals surface area (Å²) in [5, 5.41) is 3.55. The number of carbonyl (C=O) groups is 1. The molecule has 1 aromatic heterocycles. The highest BCUT2D eigenvalue weighted by Crippen LogP contribution is 2.17. The van der Waals surface area contributed by atoms with Crippen LogP contribution in [0.25, 0.3) is 0 Å². The molecule has 22 heavy (non-hydrogen) atoms. The molecule has 0 bridgehead atoms. The molecule has 1 aromatic carbocycles. The number of aromatic nitrogens is 2. The summed E-state index contributed by atoms with van der Waals surface area (Å²) in [6.45, 7) is 6.22. The van der Waals surface area contributed by atoms with E-state index in [1.54, 1.807) is 11.1 Å². The number of nitrogens with one attached hydrogen (secondary N) is 1. The molecule has 2 rings (SSSR count). The number of amides is 2. The van der Waals surface area contributed by atoms with Crippen molar-refractivity contribution >= 4 is 17.6 Å². The Balaban J connectivity index is 2.12. The van der Waals surface area contributed by atoms with Crippen molar-refractivity contribution in [3.05, 3.63) is 53.1 Å². The Bertz CT molecular complexity index is 626. The van der Waals surface area contributed by atoms with Gasteiger partial charge in [0.2, 0.25) is 0 Å². The molecule has 0 aliphatic heterocycles. The summed E-state index contributed by atoms with van der Waals surface area (Å²) in [6, 6.07) is 7.67. The average Bonchev–Trinajstić information content (AvgIpc) is 2.94. The van der Waals surface area contributed by atoms with Gasteiger partial charge in [0, 0.05) is 30.5 Å². The lowest BCUT2D eigenvalue weighted by molar-refractivity contribution is 0.196. The molecule has 6 heteroatoms. The fraction of sp³-hybridized carbons (Fsp3) is 0.375. The molecule has 0 aliphatic rings. The monoisotopic (exact) mass is 320 g/mol. The molecule has 0 spiro atoms.